The second-order valence-corrected chi connectivity index (χ2v) is 7.17. The Labute approximate surface area is 167 Å². The Kier molecular flexibility index (Phi) is 6.08. The molecular formula is C21H22BrN3O2. The minimum atomic E-state index is -0.103. The molecule has 0 atom stereocenters. The van der Waals surface area contributed by atoms with E-state index in [-0.39, 0.29) is 5.91 Å². The lowest BCUT2D eigenvalue weighted by atomic mass is 10.1. The fraction of sp³-hybridized carbons (Fsp3) is 0.238. The van der Waals surface area contributed by atoms with Crippen molar-refractivity contribution in [3.8, 4) is 5.69 Å². The monoisotopic (exact) mass is 427 g/mol. The highest BCUT2D eigenvalue weighted by atomic mass is 79.9. The number of carbonyl (C=O) groups excluding carboxylic acids is 1. The van der Waals surface area contributed by atoms with Gasteiger partial charge in [0.2, 0.25) is 0 Å². The molecule has 0 aliphatic heterocycles. The van der Waals surface area contributed by atoms with Crippen molar-refractivity contribution in [1.82, 2.24) is 15.1 Å². The third-order valence-corrected chi connectivity index (χ3v) is 5.48. The summed E-state index contributed by atoms with van der Waals surface area (Å²) >= 11 is 3.54. The van der Waals surface area contributed by atoms with Crippen LogP contribution in [0, 0.1) is 13.8 Å². The third kappa shape index (κ3) is 4.46. The van der Waals surface area contributed by atoms with Gasteiger partial charge in [-0.15, -0.1) is 0 Å². The zero-order valence-electron chi connectivity index (χ0n) is 15.6. The van der Waals surface area contributed by atoms with Crippen LogP contribution >= 0.6 is 15.9 Å². The minimum Gasteiger partial charge on any atom is -0.380 e. The Bertz CT molecular complexity index is 949. The molecule has 0 aliphatic carbocycles. The summed E-state index contributed by atoms with van der Waals surface area (Å²) in [4.78, 5) is 12.4. The highest BCUT2D eigenvalue weighted by molar-refractivity contribution is 9.10. The van der Waals surface area contributed by atoms with Gasteiger partial charge < -0.3 is 10.1 Å². The van der Waals surface area contributed by atoms with Gasteiger partial charge in [0.25, 0.3) is 5.91 Å². The summed E-state index contributed by atoms with van der Waals surface area (Å²) in [6, 6.07) is 15.4. The Balaban J connectivity index is 1.67. The molecule has 0 unspecified atom stereocenters. The fourth-order valence-electron chi connectivity index (χ4n) is 2.91. The molecule has 3 aromatic rings. The van der Waals surface area contributed by atoms with Crippen LogP contribution in [0.1, 0.15) is 32.9 Å². The maximum absolute atomic E-state index is 12.4. The number of hydrogen-bond donors (Lipinski definition) is 1. The number of ether oxygens (including phenoxy) is 1. The van der Waals surface area contributed by atoms with E-state index >= 15 is 0 Å². The molecule has 1 N–H and O–H groups in total. The van der Waals surface area contributed by atoms with Crippen LogP contribution < -0.4 is 5.32 Å². The molecule has 0 saturated heterocycles. The number of aryl methyl sites for hydroxylation is 1. The number of aromatic nitrogens is 2. The maximum Gasteiger partial charge on any atom is 0.251 e. The molecule has 5 nitrogen and oxygen atoms in total. The summed E-state index contributed by atoms with van der Waals surface area (Å²) in [5.41, 5.74) is 5.63. The summed E-state index contributed by atoms with van der Waals surface area (Å²) < 4.78 is 8.01. The van der Waals surface area contributed by atoms with E-state index in [1.807, 2.05) is 67.1 Å². The van der Waals surface area contributed by atoms with E-state index < -0.39 is 0 Å². The molecule has 0 aliphatic rings. The third-order valence-electron chi connectivity index (χ3n) is 4.33. The molecule has 27 heavy (non-hydrogen) atoms. The van der Waals surface area contributed by atoms with Gasteiger partial charge in [0, 0.05) is 19.2 Å². The topological polar surface area (TPSA) is 56.1 Å². The van der Waals surface area contributed by atoms with E-state index in [1.54, 1.807) is 7.11 Å². The first-order valence-electron chi connectivity index (χ1n) is 8.66. The molecule has 140 valence electrons. The molecule has 3 rings (SSSR count). The standard InChI is InChI=1S/C21H22BrN3O2/c1-14-20(22)15(2)25(24-14)19-9-7-18(8-10-19)21(26)23-12-16-5-4-6-17(11-16)13-27-3/h4-11H,12-13H2,1-3H3,(H,23,26). The molecule has 2 aromatic carbocycles. The van der Waals surface area contributed by atoms with Crippen LogP contribution in [0.15, 0.2) is 53.0 Å². The van der Waals surface area contributed by atoms with Crippen molar-refractivity contribution >= 4 is 21.8 Å². The average Bonchev–Trinajstić information content (AvgIpc) is 2.94. The smallest absolute Gasteiger partial charge is 0.251 e. The number of benzene rings is 2. The molecule has 0 spiro atoms. The molecule has 0 bridgehead atoms. The van der Waals surface area contributed by atoms with Gasteiger partial charge in [0.1, 0.15) is 0 Å². The Morgan fingerprint density at radius 3 is 2.48 bits per heavy atom. The van der Waals surface area contributed by atoms with Crippen LogP contribution in [-0.2, 0) is 17.9 Å². The minimum absolute atomic E-state index is 0.103. The molecule has 1 aromatic heterocycles. The van der Waals surface area contributed by atoms with Gasteiger partial charge in [-0.25, -0.2) is 4.68 Å². The highest BCUT2D eigenvalue weighted by Gasteiger charge is 2.11. The number of carbonyl (C=O) groups is 1. The fourth-order valence-corrected chi connectivity index (χ4v) is 3.16. The van der Waals surface area contributed by atoms with Crippen LogP contribution in [0.25, 0.3) is 5.69 Å². The molecule has 0 fully saturated rings. The Hall–Kier alpha value is -2.44. The Morgan fingerprint density at radius 1 is 1.15 bits per heavy atom. The number of halogens is 1. The van der Waals surface area contributed by atoms with Gasteiger partial charge in [0.05, 0.1) is 28.2 Å². The van der Waals surface area contributed by atoms with E-state index in [0.717, 1.165) is 32.7 Å². The number of hydrogen-bond acceptors (Lipinski definition) is 3. The van der Waals surface area contributed by atoms with Crippen molar-refractivity contribution in [1.29, 1.82) is 0 Å². The van der Waals surface area contributed by atoms with Gasteiger partial charge in [-0.1, -0.05) is 24.3 Å². The van der Waals surface area contributed by atoms with Crippen LogP contribution in [0.3, 0.4) is 0 Å². The van der Waals surface area contributed by atoms with Crippen LogP contribution in [0.5, 0.6) is 0 Å². The predicted molar refractivity (Wildman–Crippen MR) is 109 cm³/mol. The summed E-state index contributed by atoms with van der Waals surface area (Å²) in [6.45, 7) is 4.99. The van der Waals surface area contributed by atoms with Crippen molar-refractivity contribution in [2.75, 3.05) is 7.11 Å². The van der Waals surface area contributed by atoms with E-state index in [9.17, 15) is 4.79 Å². The SMILES string of the molecule is COCc1cccc(CNC(=O)c2ccc(-n3nc(C)c(Br)c3C)cc2)c1. The Morgan fingerprint density at radius 2 is 1.85 bits per heavy atom. The first kappa shape index (κ1) is 19.3. The largest absolute Gasteiger partial charge is 0.380 e. The molecular weight excluding hydrogens is 406 g/mol. The summed E-state index contributed by atoms with van der Waals surface area (Å²) in [5, 5.41) is 7.47. The molecule has 1 heterocycles. The maximum atomic E-state index is 12.4. The van der Waals surface area contributed by atoms with Crippen LogP contribution in [0.2, 0.25) is 0 Å². The van der Waals surface area contributed by atoms with Crippen LogP contribution in [0.4, 0.5) is 0 Å². The van der Waals surface area contributed by atoms with Crippen molar-refractivity contribution in [3.63, 3.8) is 0 Å². The number of nitrogens with zero attached hydrogens (tertiary/aromatic N) is 2. The lowest BCUT2D eigenvalue weighted by molar-refractivity contribution is 0.0951. The van der Waals surface area contributed by atoms with Gasteiger partial charge in [-0.3, -0.25) is 4.79 Å². The summed E-state index contributed by atoms with van der Waals surface area (Å²) in [7, 11) is 1.67. The van der Waals surface area contributed by atoms with Crippen molar-refractivity contribution in [2.45, 2.75) is 27.0 Å². The van der Waals surface area contributed by atoms with Crippen molar-refractivity contribution < 1.29 is 9.53 Å². The number of methoxy groups -OCH3 is 1. The van der Waals surface area contributed by atoms with E-state index in [1.165, 1.54) is 0 Å². The first-order chi connectivity index (χ1) is 13.0. The number of rotatable bonds is 6. The summed E-state index contributed by atoms with van der Waals surface area (Å²) in [6.07, 6.45) is 0. The van der Waals surface area contributed by atoms with Crippen LogP contribution in [-0.4, -0.2) is 22.8 Å². The zero-order chi connectivity index (χ0) is 19.4. The zero-order valence-corrected chi connectivity index (χ0v) is 17.2. The highest BCUT2D eigenvalue weighted by Crippen LogP contribution is 2.23. The van der Waals surface area contributed by atoms with Crippen molar-refractivity contribution in [2.24, 2.45) is 0 Å². The lowest BCUT2D eigenvalue weighted by Gasteiger charge is -2.09. The van der Waals surface area contributed by atoms with Crippen molar-refractivity contribution in [3.05, 3.63) is 81.1 Å². The van der Waals surface area contributed by atoms with E-state index in [0.29, 0.717) is 18.7 Å². The van der Waals surface area contributed by atoms with Gasteiger partial charge >= 0.3 is 0 Å². The normalized spacial score (nSPS) is 10.8. The average molecular weight is 428 g/mol. The first-order valence-corrected chi connectivity index (χ1v) is 9.46. The second kappa shape index (κ2) is 8.50. The molecule has 6 heteroatoms. The molecule has 0 radical (unpaired) electrons. The summed E-state index contributed by atoms with van der Waals surface area (Å²) in [5.74, 6) is -0.103. The number of nitrogens with one attached hydrogen (secondary N) is 1. The quantitative estimate of drug-likeness (QED) is 0.636. The van der Waals surface area contributed by atoms with Gasteiger partial charge in [-0.2, -0.15) is 5.10 Å². The van der Waals surface area contributed by atoms with E-state index in [2.05, 4.69) is 26.3 Å². The van der Waals surface area contributed by atoms with Gasteiger partial charge in [0.15, 0.2) is 0 Å². The molecule has 1 amide bonds. The van der Waals surface area contributed by atoms with Gasteiger partial charge in [-0.05, 0) is 65.2 Å². The second-order valence-electron chi connectivity index (χ2n) is 6.38. The van der Waals surface area contributed by atoms with E-state index in [4.69, 9.17) is 4.74 Å². The predicted octanol–water partition coefficient (Wildman–Crippen LogP) is 4.33. The molecule has 0 saturated carbocycles. The lowest BCUT2D eigenvalue weighted by Crippen LogP contribution is -2.22. The number of amides is 1.